The van der Waals surface area contributed by atoms with E-state index >= 15 is 0 Å². The Labute approximate surface area is 259 Å². The lowest BCUT2D eigenvalue weighted by Gasteiger charge is -2.36. The summed E-state index contributed by atoms with van der Waals surface area (Å²) in [6.07, 6.45) is 1.44. The molecule has 1 aromatic heterocycles. The fourth-order valence-electron chi connectivity index (χ4n) is 4.87. The molecule has 2 heterocycles. The minimum Gasteiger partial charge on any atom is -0.467 e. The zero-order valence-electron chi connectivity index (χ0n) is 24.5. The minimum atomic E-state index is -0.860. The number of nitrogens with zero attached hydrogens (tertiary/aromatic N) is 3. The van der Waals surface area contributed by atoms with Gasteiger partial charge in [-0.05, 0) is 28.8 Å². The first kappa shape index (κ1) is 31.2. The van der Waals surface area contributed by atoms with Gasteiger partial charge in [0.15, 0.2) is 11.4 Å². The summed E-state index contributed by atoms with van der Waals surface area (Å²) in [4.78, 5) is 25.4. The van der Waals surface area contributed by atoms with Crippen molar-refractivity contribution in [2.75, 3.05) is 18.2 Å². The lowest BCUT2D eigenvalue weighted by molar-refractivity contribution is -0.245. The maximum absolute atomic E-state index is 13.0. The van der Waals surface area contributed by atoms with Gasteiger partial charge in [0, 0.05) is 36.9 Å². The Morgan fingerprint density at radius 1 is 1.05 bits per heavy atom. The van der Waals surface area contributed by atoms with E-state index in [0.29, 0.717) is 24.3 Å². The van der Waals surface area contributed by atoms with Crippen LogP contribution in [-0.4, -0.2) is 56.9 Å². The van der Waals surface area contributed by atoms with Crippen molar-refractivity contribution < 1.29 is 28.9 Å². The molecule has 1 aliphatic rings. The summed E-state index contributed by atoms with van der Waals surface area (Å²) in [5, 5.41) is 23.9. The average Bonchev–Trinajstić information content (AvgIpc) is 3.47. The standard InChI is InChI=1S/C32H35N5O6S/c1-37-20-33-36-32(37)44-19-26-17-28(23-13-11-22(18-38)12-14-23)43-30(42-26)24-9-6-10-25(16-24)34-31(40)35-27(29(39)41-2)15-21-7-4-3-5-8-21/h3-14,16,20,26-28,30,38H,15,17-19H2,1-2H3,(H2,34,35,40). The van der Waals surface area contributed by atoms with Gasteiger partial charge in [-0.1, -0.05) is 78.5 Å². The van der Waals surface area contributed by atoms with Crippen molar-refractivity contribution in [1.29, 1.82) is 0 Å². The number of aliphatic hydroxyl groups excluding tert-OH is 1. The van der Waals surface area contributed by atoms with Crippen molar-refractivity contribution >= 4 is 29.4 Å². The van der Waals surface area contributed by atoms with E-state index in [-0.39, 0.29) is 18.8 Å². The molecule has 3 N–H and O–H groups in total. The molecule has 4 unspecified atom stereocenters. The number of hydrogen-bond donors (Lipinski definition) is 3. The van der Waals surface area contributed by atoms with E-state index in [4.69, 9.17) is 14.2 Å². The van der Waals surface area contributed by atoms with Crippen LogP contribution < -0.4 is 10.6 Å². The summed E-state index contributed by atoms with van der Waals surface area (Å²) in [5.74, 6) is 0.0962. The van der Waals surface area contributed by atoms with Crippen LogP contribution in [-0.2, 0) is 39.1 Å². The number of urea groups is 1. The minimum absolute atomic E-state index is 0.0332. The number of methoxy groups -OCH3 is 1. The van der Waals surface area contributed by atoms with Crippen LogP contribution in [0.25, 0.3) is 0 Å². The summed E-state index contributed by atoms with van der Waals surface area (Å²) >= 11 is 1.56. The van der Waals surface area contributed by atoms with E-state index in [1.54, 1.807) is 30.2 Å². The Morgan fingerprint density at radius 2 is 1.84 bits per heavy atom. The van der Waals surface area contributed by atoms with Crippen molar-refractivity contribution in [2.45, 2.75) is 49.1 Å². The lowest BCUT2D eigenvalue weighted by Crippen LogP contribution is -2.45. The summed E-state index contributed by atoms with van der Waals surface area (Å²) in [6.45, 7) is -0.0332. The number of amides is 2. The third-order valence-corrected chi connectivity index (χ3v) is 8.34. The van der Waals surface area contributed by atoms with Gasteiger partial charge in [-0.25, -0.2) is 9.59 Å². The Kier molecular flexibility index (Phi) is 10.6. The Bertz CT molecular complexity index is 1530. The number of aryl methyl sites for hydroxylation is 1. The maximum Gasteiger partial charge on any atom is 0.328 e. The van der Waals surface area contributed by atoms with E-state index < -0.39 is 24.3 Å². The second kappa shape index (κ2) is 15.0. The fourth-order valence-corrected chi connectivity index (χ4v) is 5.77. The third kappa shape index (κ3) is 8.23. The highest BCUT2D eigenvalue weighted by molar-refractivity contribution is 7.99. The number of aromatic nitrogens is 3. The van der Waals surface area contributed by atoms with E-state index in [1.165, 1.54) is 7.11 Å². The summed E-state index contributed by atoms with van der Waals surface area (Å²) < 4.78 is 19.6. The molecular formula is C32H35N5O6S. The van der Waals surface area contributed by atoms with Gasteiger partial charge in [-0.15, -0.1) is 10.2 Å². The first-order valence-corrected chi connectivity index (χ1v) is 15.2. The highest BCUT2D eigenvalue weighted by atomic mass is 32.2. The summed E-state index contributed by atoms with van der Waals surface area (Å²) in [5.41, 5.74) is 3.92. The summed E-state index contributed by atoms with van der Waals surface area (Å²) in [7, 11) is 3.19. The highest BCUT2D eigenvalue weighted by Crippen LogP contribution is 2.39. The van der Waals surface area contributed by atoms with Crippen LogP contribution in [0.4, 0.5) is 10.5 Å². The van der Waals surface area contributed by atoms with Crippen LogP contribution in [0.2, 0.25) is 0 Å². The number of carbonyl (C=O) groups is 2. The van der Waals surface area contributed by atoms with Gasteiger partial charge in [0.05, 0.1) is 25.9 Å². The molecule has 5 rings (SSSR count). The number of thioether (sulfide) groups is 1. The SMILES string of the molecule is COC(=O)C(Cc1ccccc1)NC(=O)Nc1cccc(C2OC(CSc3nncn3C)CC(c3ccc(CO)cc3)O2)c1. The van der Waals surface area contributed by atoms with E-state index in [1.807, 2.05) is 78.3 Å². The molecule has 1 aliphatic heterocycles. The smallest absolute Gasteiger partial charge is 0.328 e. The molecule has 3 aromatic carbocycles. The molecule has 1 saturated heterocycles. The molecule has 0 saturated carbocycles. The van der Waals surface area contributed by atoms with Gasteiger partial charge < -0.3 is 34.5 Å². The lowest BCUT2D eigenvalue weighted by atomic mass is 10.0. The number of nitrogens with one attached hydrogen (secondary N) is 2. The molecule has 0 radical (unpaired) electrons. The van der Waals surface area contributed by atoms with E-state index in [0.717, 1.165) is 27.4 Å². The van der Waals surface area contributed by atoms with Gasteiger partial charge in [0.1, 0.15) is 12.4 Å². The van der Waals surface area contributed by atoms with E-state index in [2.05, 4.69) is 20.8 Å². The van der Waals surface area contributed by atoms with Crippen LogP contribution in [0.5, 0.6) is 0 Å². The van der Waals surface area contributed by atoms with Gasteiger partial charge >= 0.3 is 12.0 Å². The number of rotatable bonds is 11. The topological polar surface area (TPSA) is 137 Å². The molecule has 4 atom stereocenters. The Hall–Kier alpha value is -4.23. The molecule has 4 aromatic rings. The quantitative estimate of drug-likeness (QED) is 0.164. The van der Waals surface area contributed by atoms with Gasteiger partial charge in [-0.3, -0.25) is 0 Å². The van der Waals surface area contributed by atoms with Crippen molar-refractivity contribution in [2.24, 2.45) is 7.05 Å². The zero-order valence-corrected chi connectivity index (χ0v) is 25.3. The molecule has 44 heavy (non-hydrogen) atoms. The third-order valence-electron chi connectivity index (χ3n) is 7.17. The van der Waals surface area contributed by atoms with Gasteiger partial charge in [-0.2, -0.15) is 0 Å². The van der Waals surface area contributed by atoms with Crippen molar-refractivity contribution in [3.8, 4) is 0 Å². The number of anilines is 1. The fraction of sp³-hybridized carbons (Fsp3) is 0.312. The van der Waals surface area contributed by atoms with Crippen LogP contribution in [0.1, 0.15) is 41.1 Å². The average molecular weight is 618 g/mol. The number of benzene rings is 3. The number of carbonyl (C=O) groups excluding carboxylic acids is 2. The van der Waals surface area contributed by atoms with Crippen LogP contribution in [0, 0.1) is 0 Å². The predicted octanol–water partition coefficient (Wildman–Crippen LogP) is 4.55. The Balaban J connectivity index is 1.29. The van der Waals surface area contributed by atoms with Crippen LogP contribution in [0.3, 0.4) is 0 Å². The van der Waals surface area contributed by atoms with E-state index in [9.17, 15) is 14.7 Å². The molecule has 1 fully saturated rings. The Morgan fingerprint density at radius 3 is 2.55 bits per heavy atom. The zero-order chi connectivity index (χ0) is 30.9. The number of hydrogen-bond acceptors (Lipinski definition) is 9. The molecule has 0 aliphatic carbocycles. The van der Waals surface area contributed by atoms with Gasteiger partial charge in [0.25, 0.3) is 0 Å². The van der Waals surface area contributed by atoms with Crippen molar-refractivity contribution in [3.05, 3.63) is 107 Å². The number of aliphatic hydroxyl groups is 1. The van der Waals surface area contributed by atoms with Gasteiger partial charge in [0.2, 0.25) is 0 Å². The first-order valence-electron chi connectivity index (χ1n) is 14.2. The van der Waals surface area contributed by atoms with Crippen molar-refractivity contribution in [3.63, 3.8) is 0 Å². The number of esters is 1. The molecule has 12 heteroatoms. The monoisotopic (exact) mass is 617 g/mol. The predicted molar refractivity (Wildman–Crippen MR) is 165 cm³/mol. The van der Waals surface area contributed by atoms with Crippen LogP contribution in [0.15, 0.2) is 90.3 Å². The second-order valence-electron chi connectivity index (χ2n) is 10.4. The maximum atomic E-state index is 13.0. The molecule has 230 valence electrons. The molecule has 0 spiro atoms. The van der Waals surface area contributed by atoms with Crippen molar-refractivity contribution in [1.82, 2.24) is 20.1 Å². The molecule has 0 bridgehead atoms. The molecule has 11 nitrogen and oxygen atoms in total. The first-order chi connectivity index (χ1) is 21.4. The number of ether oxygens (including phenoxy) is 3. The normalized spacial score (nSPS) is 18.8. The highest BCUT2D eigenvalue weighted by Gasteiger charge is 2.33. The molecular weight excluding hydrogens is 582 g/mol. The van der Waals surface area contributed by atoms with Crippen LogP contribution >= 0.6 is 11.8 Å². The molecule has 2 amide bonds. The largest absolute Gasteiger partial charge is 0.467 e. The summed E-state index contributed by atoms with van der Waals surface area (Å²) in [6, 6.07) is 22.9. The second-order valence-corrected chi connectivity index (χ2v) is 11.4.